The van der Waals surface area contributed by atoms with Gasteiger partial charge in [0.1, 0.15) is 5.82 Å². The largest absolute Gasteiger partial charge is 0.352 e. The van der Waals surface area contributed by atoms with Gasteiger partial charge in [-0.15, -0.1) is 0 Å². The van der Waals surface area contributed by atoms with Gasteiger partial charge in [0.05, 0.1) is 0 Å². The molecule has 0 fully saturated rings. The number of rotatable bonds is 7. The van der Waals surface area contributed by atoms with Crippen molar-refractivity contribution in [2.24, 2.45) is 0 Å². The number of amides is 1. The molecule has 0 aliphatic heterocycles. The maximum atomic E-state index is 13.7. The maximum Gasteiger partial charge on any atom is 0.251 e. The van der Waals surface area contributed by atoms with Crippen molar-refractivity contribution >= 4 is 32.6 Å². The normalized spacial score (nSPS) is 10.8. The molecule has 1 amide bonds. The van der Waals surface area contributed by atoms with E-state index in [0.717, 1.165) is 24.6 Å². The Morgan fingerprint density at radius 2 is 1.71 bits per heavy atom. The molecule has 0 heterocycles. The van der Waals surface area contributed by atoms with Gasteiger partial charge in [-0.25, -0.2) is 4.39 Å². The van der Waals surface area contributed by atoms with E-state index in [0.29, 0.717) is 22.9 Å². The summed E-state index contributed by atoms with van der Waals surface area (Å²) in [5, 5.41) is 5.09. The third kappa shape index (κ3) is 4.27. The van der Waals surface area contributed by atoms with Crippen molar-refractivity contribution in [2.45, 2.75) is 25.7 Å². The molecule has 0 aliphatic carbocycles. The third-order valence-electron chi connectivity index (χ3n) is 3.46. The molecule has 21 heavy (non-hydrogen) atoms. The molecule has 0 saturated carbocycles. The Morgan fingerprint density at radius 1 is 1.00 bits per heavy atom. The zero-order valence-electron chi connectivity index (χ0n) is 11.9. The topological polar surface area (TPSA) is 29.1 Å². The molecule has 0 aliphatic rings. The smallest absolute Gasteiger partial charge is 0.251 e. The van der Waals surface area contributed by atoms with Gasteiger partial charge in [0.2, 0.25) is 0 Å². The van der Waals surface area contributed by atoms with Crippen molar-refractivity contribution in [3.63, 3.8) is 0 Å². The highest BCUT2D eigenvalue weighted by Gasteiger charge is 2.11. The summed E-state index contributed by atoms with van der Waals surface area (Å²) < 4.78 is 13.7. The molecule has 0 unspecified atom stereocenters. The average molecular weight is 352 g/mol. The lowest BCUT2D eigenvalue weighted by atomic mass is 10.0. The molecular formula is C17H19BrFNO. The van der Waals surface area contributed by atoms with Crippen LogP contribution >= 0.6 is 15.9 Å². The number of halogens is 2. The summed E-state index contributed by atoms with van der Waals surface area (Å²) in [5.74, 6) is -0.427. The number of nitrogens with one attached hydrogen (secondary N) is 1. The average Bonchev–Trinajstić information content (AvgIpc) is 2.51. The molecule has 2 aromatic rings. The van der Waals surface area contributed by atoms with Gasteiger partial charge in [-0.1, -0.05) is 53.0 Å². The predicted octanol–water partition coefficient (Wildman–Crippen LogP) is 4.66. The Balaban J connectivity index is 1.98. The summed E-state index contributed by atoms with van der Waals surface area (Å²) in [7, 11) is 0. The van der Waals surface area contributed by atoms with Crippen molar-refractivity contribution in [2.75, 3.05) is 11.9 Å². The van der Waals surface area contributed by atoms with Crippen LogP contribution in [0.5, 0.6) is 0 Å². The lowest BCUT2D eigenvalue weighted by Crippen LogP contribution is -2.24. The number of unbranched alkanes of at least 4 members (excludes halogenated alkanes) is 3. The third-order valence-corrected chi connectivity index (χ3v) is 4.02. The van der Waals surface area contributed by atoms with E-state index < -0.39 is 0 Å². The first-order valence-electron chi connectivity index (χ1n) is 7.25. The van der Waals surface area contributed by atoms with Crippen LogP contribution in [0.15, 0.2) is 36.4 Å². The molecule has 0 atom stereocenters. The van der Waals surface area contributed by atoms with E-state index in [1.165, 1.54) is 12.5 Å². The van der Waals surface area contributed by atoms with Crippen LogP contribution in [0.4, 0.5) is 4.39 Å². The van der Waals surface area contributed by atoms with E-state index in [1.807, 2.05) is 6.07 Å². The standard InChI is InChI=1S/C17H19BrFNO/c18-11-5-1-2-6-12-20-17(21)15-9-10-16(19)14-8-4-3-7-13(14)15/h3-4,7-10H,1-2,5-6,11-12H2,(H,20,21). The van der Waals surface area contributed by atoms with E-state index >= 15 is 0 Å². The Kier molecular flexibility index (Phi) is 6.18. The van der Waals surface area contributed by atoms with Crippen LogP contribution in [0.3, 0.4) is 0 Å². The highest BCUT2D eigenvalue weighted by molar-refractivity contribution is 9.09. The zero-order valence-corrected chi connectivity index (χ0v) is 13.5. The van der Waals surface area contributed by atoms with Crippen molar-refractivity contribution in [1.82, 2.24) is 5.32 Å². The minimum absolute atomic E-state index is 0.133. The van der Waals surface area contributed by atoms with E-state index in [4.69, 9.17) is 0 Å². The number of hydrogen-bond donors (Lipinski definition) is 1. The van der Waals surface area contributed by atoms with Crippen LogP contribution in [0.2, 0.25) is 0 Å². The van der Waals surface area contributed by atoms with Crippen molar-refractivity contribution in [3.05, 3.63) is 47.8 Å². The van der Waals surface area contributed by atoms with Crippen LogP contribution in [-0.2, 0) is 0 Å². The molecule has 2 rings (SSSR count). The van der Waals surface area contributed by atoms with Crippen LogP contribution in [0.25, 0.3) is 10.8 Å². The first kappa shape index (κ1) is 16.0. The Hall–Kier alpha value is -1.42. The number of hydrogen-bond acceptors (Lipinski definition) is 1. The molecule has 2 aromatic carbocycles. The number of benzene rings is 2. The molecule has 0 spiro atoms. The molecule has 0 bridgehead atoms. The van der Waals surface area contributed by atoms with E-state index in [9.17, 15) is 9.18 Å². The van der Waals surface area contributed by atoms with Crippen LogP contribution < -0.4 is 5.32 Å². The Labute approximate surface area is 132 Å². The zero-order chi connectivity index (χ0) is 15.1. The van der Waals surface area contributed by atoms with Crippen molar-refractivity contribution < 1.29 is 9.18 Å². The predicted molar refractivity (Wildman–Crippen MR) is 88.5 cm³/mol. The summed E-state index contributed by atoms with van der Waals surface area (Å²) in [4.78, 5) is 12.2. The maximum absolute atomic E-state index is 13.7. The molecule has 0 saturated heterocycles. The van der Waals surface area contributed by atoms with Crippen LogP contribution in [-0.4, -0.2) is 17.8 Å². The minimum atomic E-state index is -0.295. The number of carbonyl (C=O) groups excluding carboxylic acids is 1. The number of alkyl halides is 1. The van der Waals surface area contributed by atoms with Gasteiger partial charge >= 0.3 is 0 Å². The fourth-order valence-corrected chi connectivity index (χ4v) is 2.73. The summed E-state index contributed by atoms with van der Waals surface area (Å²) in [5.41, 5.74) is 0.535. The monoisotopic (exact) mass is 351 g/mol. The summed E-state index contributed by atoms with van der Waals surface area (Å²) in [6.45, 7) is 0.660. The van der Waals surface area contributed by atoms with Crippen molar-refractivity contribution in [1.29, 1.82) is 0 Å². The fourth-order valence-electron chi connectivity index (χ4n) is 2.33. The highest BCUT2D eigenvalue weighted by atomic mass is 79.9. The van der Waals surface area contributed by atoms with E-state index in [1.54, 1.807) is 24.3 Å². The fraction of sp³-hybridized carbons (Fsp3) is 0.353. The second-order valence-electron chi connectivity index (χ2n) is 5.00. The quantitative estimate of drug-likeness (QED) is 0.570. The van der Waals surface area contributed by atoms with E-state index in [-0.39, 0.29) is 11.7 Å². The SMILES string of the molecule is O=C(NCCCCCCBr)c1ccc(F)c2ccccc12. The van der Waals surface area contributed by atoms with Crippen molar-refractivity contribution in [3.8, 4) is 0 Å². The highest BCUT2D eigenvalue weighted by Crippen LogP contribution is 2.21. The van der Waals surface area contributed by atoms with Crippen LogP contribution in [0, 0.1) is 5.82 Å². The Bertz CT molecular complexity index is 615. The van der Waals surface area contributed by atoms with Gasteiger partial charge in [-0.2, -0.15) is 0 Å². The molecule has 4 heteroatoms. The molecular weight excluding hydrogens is 333 g/mol. The second-order valence-corrected chi connectivity index (χ2v) is 5.79. The number of fused-ring (bicyclic) bond motifs is 1. The van der Waals surface area contributed by atoms with Crippen LogP contribution in [0.1, 0.15) is 36.0 Å². The minimum Gasteiger partial charge on any atom is -0.352 e. The Morgan fingerprint density at radius 3 is 2.48 bits per heavy atom. The molecule has 0 aromatic heterocycles. The van der Waals surface area contributed by atoms with E-state index in [2.05, 4.69) is 21.2 Å². The summed E-state index contributed by atoms with van der Waals surface area (Å²) >= 11 is 3.40. The molecule has 0 radical (unpaired) electrons. The molecule has 1 N–H and O–H groups in total. The number of carbonyl (C=O) groups is 1. The van der Waals surface area contributed by atoms with Gasteiger partial charge in [0.15, 0.2) is 0 Å². The van der Waals surface area contributed by atoms with Gasteiger partial charge in [-0.3, -0.25) is 4.79 Å². The summed E-state index contributed by atoms with van der Waals surface area (Å²) in [6, 6.07) is 9.98. The first-order chi connectivity index (χ1) is 10.2. The van der Waals surface area contributed by atoms with Gasteiger partial charge in [0, 0.05) is 22.8 Å². The van der Waals surface area contributed by atoms with Gasteiger partial charge in [-0.05, 0) is 30.4 Å². The second kappa shape index (κ2) is 8.13. The lowest BCUT2D eigenvalue weighted by molar-refractivity contribution is 0.0954. The molecule has 112 valence electrons. The molecule has 2 nitrogen and oxygen atoms in total. The lowest BCUT2D eigenvalue weighted by Gasteiger charge is -2.08. The first-order valence-corrected chi connectivity index (χ1v) is 8.37. The summed E-state index contributed by atoms with van der Waals surface area (Å²) in [6.07, 6.45) is 4.41. The van der Waals surface area contributed by atoms with Gasteiger partial charge < -0.3 is 5.32 Å². The van der Waals surface area contributed by atoms with Gasteiger partial charge in [0.25, 0.3) is 5.91 Å².